The molecule has 0 bridgehead atoms. The summed E-state index contributed by atoms with van der Waals surface area (Å²) in [6, 6.07) is 4.62. The fourth-order valence-electron chi connectivity index (χ4n) is 2.77. The first-order valence-electron chi connectivity index (χ1n) is 9.66. The van der Waals surface area contributed by atoms with Gasteiger partial charge < -0.3 is 15.8 Å². The maximum atomic E-state index is 13.6. The Kier molecular flexibility index (Phi) is 6.87. The van der Waals surface area contributed by atoms with E-state index >= 15 is 0 Å². The molecule has 9 nitrogen and oxygen atoms in total. The first kappa shape index (κ1) is 23.3. The number of anilines is 3. The van der Waals surface area contributed by atoms with Gasteiger partial charge in [0.1, 0.15) is 21.8 Å². The molecule has 3 rings (SSSR count). The molecule has 0 radical (unpaired) electrons. The van der Waals surface area contributed by atoms with E-state index in [0.29, 0.717) is 28.7 Å². The molecule has 3 heterocycles. The summed E-state index contributed by atoms with van der Waals surface area (Å²) in [7, 11) is 0. The predicted molar refractivity (Wildman–Crippen MR) is 123 cm³/mol. The molecule has 0 aliphatic rings. The van der Waals surface area contributed by atoms with Crippen LogP contribution in [-0.2, 0) is 11.3 Å². The average molecular weight is 504 g/mol. The van der Waals surface area contributed by atoms with Crippen LogP contribution in [0, 0.1) is 12.7 Å². The number of hydrogen-bond acceptors (Lipinski definition) is 8. The zero-order chi connectivity index (χ0) is 23.5. The van der Waals surface area contributed by atoms with Gasteiger partial charge in [0.2, 0.25) is 0 Å². The predicted octanol–water partition coefficient (Wildman–Crippen LogP) is 4.68. The first-order valence-corrected chi connectivity index (χ1v) is 10.5. The van der Waals surface area contributed by atoms with E-state index in [1.54, 1.807) is 52.2 Å². The molecule has 168 valence electrons. The van der Waals surface area contributed by atoms with Crippen LogP contribution in [0.25, 0.3) is 11.3 Å². The maximum Gasteiger partial charge on any atom is 0.413 e. The summed E-state index contributed by atoms with van der Waals surface area (Å²) in [6.07, 6.45) is 2.64. The third-order valence-electron chi connectivity index (χ3n) is 4.06. The number of nitrogens with two attached hydrogens (primary N) is 1. The topological polar surface area (TPSA) is 128 Å². The molecule has 1 amide bonds. The largest absolute Gasteiger partial charge is 0.444 e. The highest BCUT2D eigenvalue weighted by molar-refractivity contribution is 9.10. The number of amides is 1. The van der Waals surface area contributed by atoms with E-state index < -0.39 is 17.5 Å². The molecule has 0 saturated heterocycles. The fourth-order valence-corrected chi connectivity index (χ4v) is 3.10. The van der Waals surface area contributed by atoms with Gasteiger partial charge in [-0.05, 0) is 49.7 Å². The Morgan fingerprint density at radius 1 is 1.25 bits per heavy atom. The lowest BCUT2D eigenvalue weighted by Gasteiger charge is -2.19. The van der Waals surface area contributed by atoms with Gasteiger partial charge in [-0.25, -0.2) is 24.1 Å². The van der Waals surface area contributed by atoms with Gasteiger partial charge in [0.25, 0.3) is 0 Å². The standard InChI is InChI=1S/C21H23BrFN7O2/c1-11-27-15(8-18(28-11)30-20(31)32-21(2,3)4)12-5-6-25-9-16(12)26-10-17-14(24)7-13(23)19(22)29-17/h5-9,26H,10,24H2,1-4H3,(H,27,28,30,31). The van der Waals surface area contributed by atoms with Crippen LogP contribution in [0.15, 0.2) is 35.2 Å². The highest BCUT2D eigenvalue weighted by Gasteiger charge is 2.18. The van der Waals surface area contributed by atoms with Gasteiger partial charge in [-0.2, -0.15) is 0 Å². The summed E-state index contributed by atoms with van der Waals surface area (Å²) in [5, 5.41) is 5.84. The van der Waals surface area contributed by atoms with E-state index in [9.17, 15) is 9.18 Å². The molecule has 0 aliphatic heterocycles. The van der Waals surface area contributed by atoms with Crippen LogP contribution in [0.5, 0.6) is 0 Å². The summed E-state index contributed by atoms with van der Waals surface area (Å²) in [4.78, 5) is 29.1. The number of carbonyl (C=O) groups excluding carboxylic acids is 1. The first-order chi connectivity index (χ1) is 15.0. The van der Waals surface area contributed by atoms with E-state index in [1.165, 1.54) is 6.07 Å². The SMILES string of the molecule is Cc1nc(NC(=O)OC(C)(C)C)cc(-c2ccncc2NCc2nc(Br)c(F)cc2N)n1. The smallest absolute Gasteiger partial charge is 0.413 e. The van der Waals surface area contributed by atoms with Crippen LogP contribution in [0.3, 0.4) is 0 Å². The maximum absolute atomic E-state index is 13.6. The van der Waals surface area contributed by atoms with Crippen molar-refractivity contribution in [2.24, 2.45) is 0 Å². The van der Waals surface area contributed by atoms with Crippen LogP contribution < -0.4 is 16.4 Å². The number of aryl methyl sites for hydroxylation is 1. The Bertz CT molecular complexity index is 1150. The van der Waals surface area contributed by atoms with Crippen LogP contribution >= 0.6 is 15.9 Å². The normalized spacial score (nSPS) is 11.2. The number of nitrogens with zero attached hydrogens (tertiary/aromatic N) is 4. The minimum absolute atomic E-state index is 0.0826. The Morgan fingerprint density at radius 3 is 2.72 bits per heavy atom. The van der Waals surface area contributed by atoms with Gasteiger partial charge in [0.15, 0.2) is 5.82 Å². The number of nitrogen functional groups attached to an aromatic ring is 1. The van der Waals surface area contributed by atoms with Crippen molar-refractivity contribution in [2.75, 3.05) is 16.4 Å². The Morgan fingerprint density at radius 2 is 2.00 bits per heavy atom. The molecular weight excluding hydrogens is 481 g/mol. The van der Waals surface area contributed by atoms with Crippen molar-refractivity contribution in [1.29, 1.82) is 0 Å². The van der Waals surface area contributed by atoms with E-state index in [1.807, 2.05) is 0 Å². The highest BCUT2D eigenvalue weighted by Crippen LogP contribution is 2.28. The molecule has 32 heavy (non-hydrogen) atoms. The molecule has 0 saturated carbocycles. The van der Waals surface area contributed by atoms with Gasteiger partial charge in [0, 0.05) is 23.9 Å². The Labute approximate surface area is 193 Å². The molecule has 0 spiro atoms. The minimum atomic E-state index is -0.637. The lowest BCUT2D eigenvalue weighted by Crippen LogP contribution is -2.27. The van der Waals surface area contributed by atoms with E-state index in [4.69, 9.17) is 10.5 Å². The van der Waals surface area contributed by atoms with E-state index in [-0.39, 0.29) is 16.8 Å². The lowest BCUT2D eigenvalue weighted by atomic mass is 10.1. The molecule has 0 aliphatic carbocycles. The number of halogens is 2. The van der Waals surface area contributed by atoms with Crippen molar-refractivity contribution >= 4 is 39.2 Å². The zero-order valence-electron chi connectivity index (χ0n) is 18.0. The third-order valence-corrected chi connectivity index (χ3v) is 4.61. The van der Waals surface area contributed by atoms with Crippen LogP contribution in [-0.4, -0.2) is 31.6 Å². The summed E-state index contributed by atoms with van der Waals surface area (Å²) in [5.41, 5.74) is 7.88. The summed E-state index contributed by atoms with van der Waals surface area (Å²) in [6.45, 7) is 7.29. The molecule has 0 unspecified atom stereocenters. The second kappa shape index (κ2) is 9.43. The third kappa shape index (κ3) is 6.10. The van der Waals surface area contributed by atoms with Crippen molar-refractivity contribution in [3.8, 4) is 11.3 Å². The molecule has 0 aromatic carbocycles. The van der Waals surface area contributed by atoms with Gasteiger partial charge in [-0.3, -0.25) is 10.3 Å². The van der Waals surface area contributed by atoms with Gasteiger partial charge >= 0.3 is 6.09 Å². The molecule has 0 fully saturated rings. The van der Waals surface area contributed by atoms with Crippen molar-refractivity contribution in [1.82, 2.24) is 19.9 Å². The van der Waals surface area contributed by atoms with E-state index in [2.05, 4.69) is 46.5 Å². The van der Waals surface area contributed by atoms with Crippen molar-refractivity contribution in [2.45, 2.75) is 39.8 Å². The number of aromatic nitrogens is 4. The number of pyridine rings is 2. The second-order valence-corrected chi connectivity index (χ2v) is 8.64. The number of ether oxygens (including phenoxy) is 1. The summed E-state index contributed by atoms with van der Waals surface area (Å²) in [5.74, 6) is 0.234. The number of carbonyl (C=O) groups is 1. The number of rotatable bonds is 5. The number of nitrogens with one attached hydrogen (secondary N) is 2. The van der Waals surface area contributed by atoms with Gasteiger partial charge in [0.05, 0.1) is 35.5 Å². The minimum Gasteiger partial charge on any atom is -0.444 e. The zero-order valence-corrected chi connectivity index (χ0v) is 19.6. The van der Waals surface area contributed by atoms with Crippen molar-refractivity contribution < 1.29 is 13.9 Å². The van der Waals surface area contributed by atoms with Crippen molar-refractivity contribution in [3.05, 3.63) is 52.5 Å². The monoisotopic (exact) mass is 503 g/mol. The average Bonchev–Trinajstić information content (AvgIpc) is 2.68. The molecular formula is C21H23BrFN7O2. The Balaban J connectivity index is 1.86. The van der Waals surface area contributed by atoms with Crippen LogP contribution in [0.2, 0.25) is 0 Å². The molecule has 4 N–H and O–H groups in total. The van der Waals surface area contributed by atoms with Crippen molar-refractivity contribution in [3.63, 3.8) is 0 Å². The van der Waals surface area contributed by atoms with Gasteiger partial charge in [-0.1, -0.05) is 0 Å². The van der Waals surface area contributed by atoms with E-state index in [0.717, 1.165) is 5.56 Å². The van der Waals surface area contributed by atoms with Gasteiger partial charge in [-0.15, -0.1) is 0 Å². The highest BCUT2D eigenvalue weighted by atomic mass is 79.9. The second-order valence-electron chi connectivity index (χ2n) is 7.88. The Hall–Kier alpha value is -3.34. The fraction of sp³-hybridized carbons (Fsp3) is 0.286. The molecule has 3 aromatic heterocycles. The number of hydrogen-bond donors (Lipinski definition) is 3. The summed E-state index contributed by atoms with van der Waals surface area (Å²) < 4.78 is 19.0. The molecule has 11 heteroatoms. The quantitative estimate of drug-likeness (QED) is 0.427. The molecule has 3 aromatic rings. The molecule has 0 atom stereocenters. The van der Waals surface area contributed by atoms with Crippen LogP contribution in [0.1, 0.15) is 32.3 Å². The lowest BCUT2D eigenvalue weighted by molar-refractivity contribution is 0.0635. The summed E-state index contributed by atoms with van der Waals surface area (Å²) >= 11 is 3.07. The van der Waals surface area contributed by atoms with Crippen LogP contribution in [0.4, 0.5) is 26.4 Å².